The largest absolute Gasteiger partial charge is 0.477 e. The number of carboxylic acid groups (broad SMARTS) is 1. The van der Waals surface area contributed by atoms with Gasteiger partial charge in [0.15, 0.2) is 0 Å². The number of para-hydroxylation sites is 1. The van der Waals surface area contributed by atoms with E-state index in [-0.39, 0.29) is 5.69 Å². The lowest BCUT2D eigenvalue weighted by atomic mass is 9.96. The van der Waals surface area contributed by atoms with Gasteiger partial charge in [-0.05, 0) is 43.5 Å². The van der Waals surface area contributed by atoms with Gasteiger partial charge in [-0.15, -0.1) is 0 Å². The average Bonchev–Trinajstić information content (AvgIpc) is 2.50. The van der Waals surface area contributed by atoms with Crippen molar-refractivity contribution in [3.05, 3.63) is 59.4 Å². The molecule has 1 unspecified atom stereocenters. The highest BCUT2D eigenvalue weighted by atomic mass is 16.4. The predicted molar refractivity (Wildman–Crippen MR) is 81.6 cm³/mol. The zero-order chi connectivity index (χ0) is 14.8. The molecule has 0 radical (unpaired) electrons. The molecule has 1 aliphatic heterocycles. The quantitative estimate of drug-likeness (QED) is 0.939. The third-order valence-electron chi connectivity index (χ3n) is 4.02. The Bertz CT molecular complexity index is 669. The van der Waals surface area contributed by atoms with Crippen molar-refractivity contribution < 1.29 is 9.90 Å². The molecule has 1 aromatic carbocycles. The number of pyridine rings is 1. The fourth-order valence-corrected chi connectivity index (χ4v) is 2.86. The number of hydrogen-bond acceptors (Lipinski definition) is 3. The SMILES string of the molecule is CC1CCc2ccccc2N1Cc1cccc(C(=O)O)n1. The van der Waals surface area contributed by atoms with Crippen LogP contribution in [0.4, 0.5) is 5.69 Å². The van der Waals surface area contributed by atoms with E-state index in [1.807, 2.05) is 12.1 Å². The van der Waals surface area contributed by atoms with E-state index in [1.165, 1.54) is 17.3 Å². The van der Waals surface area contributed by atoms with Crippen LogP contribution in [0.1, 0.15) is 35.1 Å². The molecule has 0 saturated carbocycles. The molecule has 0 spiro atoms. The molecule has 2 heterocycles. The number of nitrogens with zero attached hydrogens (tertiary/aromatic N) is 2. The van der Waals surface area contributed by atoms with Crippen LogP contribution in [0.25, 0.3) is 0 Å². The summed E-state index contributed by atoms with van der Waals surface area (Å²) in [5, 5.41) is 9.05. The first kappa shape index (κ1) is 13.6. The second kappa shape index (κ2) is 5.56. The van der Waals surface area contributed by atoms with E-state index in [4.69, 9.17) is 5.11 Å². The van der Waals surface area contributed by atoms with Gasteiger partial charge in [-0.1, -0.05) is 24.3 Å². The molecule has 1 aromatic heterocycles. The van der Waals surface area contributed by atoms with Gasteiger partial charge in [-0.3, -0.25) is 0 Å². The van der Waals surface area contributed by atoms with Crippen LogP contribution in [0, 0.1) is 0 Å². The van der Waals surface area contributed by atoms with Crippen molar-refractivity contribution >= 4 is 11.7 Å². The van der Waals surface area contributed by atoms with E-state index < -0.39 is 5.97 Å². The number of anilines is 1. The Morgan fingerprint density at radius 1 is 1.29 bits per heavy atom. The number of aromatic carboxylic acids is 1. The summed E-state index contributed by atoms with van der Waals surface area (Å²) in [6, 6.07) is 14.0. The highest BCUT2D eigenvalue weighted by molar-refractivity contribution is 5.85. The Morgan fingerprint density at radius 3 is 2.90 bits per heavy atom. The molecule has 2 aromatic rings. The van der Waals surface area contributed by atoms with Gasteiger partial charge in [0.05, 0.1) is 12.2 Å². The molecule has 1 aliphatic rings. The first-order chi connectivity index (χ1) is 10.1. The first-order valence-corrected chi connectivity index (χ1v) is 7.19. The summed E-state index contributed by atoms with van der Waals surface area (Å²) in [4.78, 5) is 17.6. The van der Waals surface area contributed by atoms with Gasteiger partial charge in [-0.2, -0.15) is 0 Å². The lowest BCUT2D eigenvalue weighted by Crippen LogP contribution is -2.37. The van der Waals surface area contributed by atoms with Crippen LogP contribution >= 0.6 is 0 Å². The molecule has 4 nitrogen and oxygen atoms in total. The van der Waals surface area contributed by atoms with Gasteiger partial charge in [0.1, 0.15) is 5.69 Å². The van der Waals surface area contributed by atoms with E-state index in [0.29, 0.717) is 12.6 Å². The number of hydrogen-bond donors (Lipinski definition) is 1. The third-order valence-corrected chi connectivity index (χ3v) is 4.02. The van der Waals surface area contributed by atoms with Crippen LogP contribution in [0.2, 0.25) is 0 Å². The van der Waals surface area contributed by atoms with Crippen LogP contribution in [0.5, 0.6) is 0 Å². The van der Waals surface area contributed by atoms with Crippen LogP contribution < -0.4 is 4.90 Å². The van der Waals surface area contributed by atoms with Crippen LogP contribution in [-0.4, -0.2) is 22.1 Å². The first-order valence-electron chi connectivity index (χ1n) is 7.19. The molecular weight excluding hydrogens is 264 g/mol. The number of fused-ring (bicyclic) bond motifs is 1. The van der Waals surface area contributed by atoms with E-state index in [2.05, 4.69) is 35.0 Å². The Kier molecular flexibility index (Phi) is 3.60. The van der Waals surface area contributed by atoms with Crippen LogP contribution in [-0.2, 0) is 13.0 Å². The summed E-state index contributed by atoms with van der Waals surface area (Å²) in [5.41, 5.74) is 3.48. The van der Waals surface area contributed by atoms with Crippen molar-refractivity contribution in [3.63, 3.8) is 0 Å². The second-order valence-corrected chi connectivity index (χ2v) is 5.46. The lowest BCUT2D eigenvalue weighted by molar-refractivity contribution is 0.0690. The molecule has 0 bridgehead atoms. The highest BCUT2D eigenvalue weighted by Crippen LogP contribution is 2.31. The normalized spacial score (nSPS) is 17.4. The molecule has 1 atom stereocenters. The number of aromatic nitrogens is 1. The fourth-order valence-electron chi connectivity index (χ4n) is 2.86. The number of carbonyl (C=O) groups is 1. The number of carboxylic acids is 1. The Morgan fingerprint density at radius 2 is 2.10 bits per heavy atom. The standard InChI is InChI=1S/C17H18N2O2/c1-12-9-10-13-5-2-3-8-16(13)19(12)11-14-6-4-7-15(18-14)17(20)21/h2-8,12H,9-11H2,1H3,(H,20,21). The van der Waals surface area contributed by atoms with Gasteiger partial charge in [0, 0.05) is 11.7 Å². The maximum absolute atomic E-state index is 11.0. The van der Waals surface area contributed by atoms with Crippen molar-refractivity contribution in [1.29, 1.82) is 0 Å². The summed E-state index contributed by atoms with van der Waals surface area (Å²) in [7, 11) is 0. The van der Waals surface area contributed by atoms with Crippen molar-refractivity contribution in [1.82, 2.24) is 4.98 Å². The Labute approximate surface area is 124 Å². The van der Waals surface area contributed by atoms with Crippen molar-refractivity contribution in [2.24, 2.45) is 0 Å². The predicted octanol–water partition coefficient (Wildman–Crippen LogP) is 3.12. The van der Waals surface area contributed by atoms with E-state index >= 15 is 0 Å². The molecule has 108 valence electrons. The molecule has 3 rings (SSSR count). The third kappa shape index (κ3) is 2.75. The van der Waals surface area contributed by atoms with Crippen LogP contribution in [0.3, 0.4) is 0 Å². The summed E-state index contributed by atoms with van der Waals surface area (Å²) in [5.74, 6) is -0.982. The summed E-state index contributed by atoms with van der Waals surface area (Å²) in [6.45, 7) is 2.84. The monoisotopic (exact) mass is 282 g/mol. The minimum Gasteiger partial charge on any atom is -0.477 e. The lowest BCUT2D eigenvalue weighted by Gasteiger charge is -2.37. The maximum atomic E-state index is 11.0. The van der Waals surface area contributed by atoms with Gasteiger partial charge in [0.2, 0.25) is 0 Å². The molecular formula is C17H18N2O2. The fraction of sp³-hybridized carbons (Fsp3) is 0.294. The second-order valence-electron chi connectivity index (χ2n) is 5.46. The van der Waals surface area contributed by atoms with Gasteiger partial charge >= 0.3 is 5.97 Å². The molecule has 0 saturated heterocycles. The average molecular weight is 282 g/mol. The minimum atomic E-state index is -0.982. The topological polar surface area (TPSA) is 53.4 Å². The number of rotatable bonds is 3. The minimum absolute atomic E-state index is 0.102. The van der Waals surface area contributed by atoms with Crippen molar-refractivity contribution in [2.75, 3.05) is 4.90 Å². The van der Waals surface area contributed by atoms with Crippen molar-refractivity contribution in [3.8, 4) is 0 Å². The molecule has 1 N–H and O–H groups in total. The zero-order valence-corrected chi connectivity index (χ0v) is 12.0. The van der Waals surface area contributed by atoms with Crippen molar-refractivity contribution in [2.45, 2.75) is 32.4 Å². The number of benzene rings is 1. The van der Waals surface area contributed by atoms with Crippen LogP contribution in [0.15, 0.2) is 42.5 Å². The van der Waals surface area contributed by atoms with Gasteiger partial charge in [0.25, 0.3) is 0 Å². The zero-order valence-electron chi connectivity index (χ0n) is 12.0. The molecule has 21 heavy (non-hydrogen) atoms. The van der Waals surface area contributed by atoms with E-state index in [1.54, 1.807) is 6.07 Å². The summed E-state index contributed by atoms with van der Waals surface area (Å²) >= 11 is 0. The molecule has 0 amide bonds. The van der Waals surface area contributed by atoms with E-state index in [9.17, 15) is 4.79 Å². The highest BCUT2D eigenvalue weighted by Gasteiger charge is 2.23. The molecule has 4 heteroatoms. The number of aryl methyl sites for hydroxylation is 1. The summed E-state index contributed by atoms with van der Waals surface area (Å²) in [6.07, 6.45) is 2.20. The molecule has 0 aliphatic carbocycles. The van der Waals surface area contributed by atoms with E-state index in [0.717, 1.165) is 18.5 Å². The van der Waals surface area contributed by atoms with Gasteiger partial charge in [-0.25, -0.2) is 9.78 Å². The maximum Gasteiger partial charge on any atom is 0.354 e. The Balaban J connectivity index is 1.90. The van der Waals surface area contributed by atoms with Gasteiger partial charge < -0.3 is 10.0 Å². The Hall–Kier alpha value is -2.36. The molecule has 0 fully saturated rings. The summed E-state index contributed by atoms with van der Waals surface area (Å²) < 4.78 is 0. The smallest absolute Gasteiger partial charge is 0.354 e.